The van der Waals surface area contributed by atoms with E-state index in [1.165, 1.54) is 0 Å². The zero-order chi connectivity index (χ0) is 24.5. The van der Waals surface area contributed by atoms with Crippen LogP contribution in [0.5, 0.6) is 0 Å². The van der Waals surface area contributed by atoms with E-state index in [4.69, 9.17) is 4.74 Å². The van der Waals surface area contributed by atoms with Crippen LogP contribution in [0.2, 0.25) is 0 Å². The fourth-order valence-corrected chi connectivity index (χ4v) is 5.72. The van der Waals surface area contributed by atoms with Crippen LogP contribution >= 0.6 is 0 Å². The summed E-state index contributed by atoms with van der Waals surface area (Å²) < 4.78 is 6.28. The second-order valence-corrected chi connectivity index (χ2v) is 9.65. The van der Waals surface area contributed by atoms with Gasteiger partial charge < -0.3 is 4.74 Å². The Morgan fingerprint density at radius 2 is 1.31 bits per heavy atom. The van der Waals surface area contributed by atoms with Crippen molar-refractivity contribution >= 4 is 29.1 Å². The molecule has 174 valence electrons. The number of amides is 2. The van der Waals surface area contributed by atoms with E-state index in [2.05, 4.69) is 13.8 Å². The van der Waals surface area contributed by atoms with Crippen LogP contribution in [0.25, 0.3) is 0 Å². The number of ketones is 2. The van der Waals surface area contributed by atoms with Gasteiger partial charge in [-0.05, 0) is 29.2 Å². The molecule has 3 atom stereocenters. The van der Waals surface area contributed by atoms with Gasteiger partial charge in [0.05, 0.1) is 23.6 Å². The van der Waals surface area contributed by atoms with Crippen molar-refractivity contribution in [1.82, 2.24) is 0 Å². The first-order chi connectivity index (χ1) is 16.9. The summed E-state index contributed by atoms with van der Waals surface area (Å²) in [6.07, 6.45) is -0.903. The molecule has 6 rings (SSSR count). The average Bonchev–Trinajstić information content (AvgIpc) is 3.44. The van der Waals surface area contributed by atoms with Crippen molar-refractivity contribution in [1.29, 1.82) is 0 Å². The molecule has 0 bridgehead atoms. The SMILES string of the molecule is CC(C)c1ccc(N2C(=O)[C@@H]3[C@@H](c4ccccc4)OC4(C(=O)c5ccccc5C4=O)[C@H]3C2=O)cc1. The van der Waals surface area contributed by atoms with Gasteiger partial charge in [0.2, 0.25) is 29.0 Å². The molecular weight excluding hydrogens is 442 g/mol. The predicted molar refractivity (Wildman–Crippen MR) is 128 cm³/mol. The second-order valence-electron chi connectivity index (χ2n) is 9.65. The zero-order valence-electron chi connectivity index (χ0n) is 19.3. The number of ether oxygens (including phenoxy) is 1. The Labute approximate surface area is 202 Å². The van der Waals surface area contributed by atoms with Crippen LogP contribution in [0.15, 0.2) is 78.9 Å². The van der Waals surface area contributed by atoms with Crippen molar-refractivity contribution in [2.75, 3.05) is 4.90 Å². The van der Waals surface area contributed by atoms with Crippen LogP contribution in [0, 0.1) is 11.8 Å². The van der Waals surface area contributed by atoms with E-state index < -0.39 is 46.9 Å². The number of benzene rings is 3. The maximum absolute atomic E-state index is 13.9. The summed E-state index contributed by atoms with van der Waals surface area (Å²) in [5, 5.41) is 0. The van der Waals surface area contributed by atoms with Gasteiger partial charge in [-0.15, -0.1) is 0 Å². The second kappa shape index (κ2) is 7.55. The highest BCUT2D eigenvalue weighted by Crippen LogP contribution is 2.57. The number of hydrogen-bond donors (Lipinski definition) is 0. The lowest BCUT2D eigenvalue weighted by Crippen LogP contribution is -2.51. The molecular formula is C29H23NO5. The summed E-state index contributed by atoms with van der Waals surface area (Å²) in [5.41, 5.74) is 0.556. The number of anilines is 1. The van der Waals surface area contributed by atoms with Gasteiger partial charge in [0.15, 0.2) is 0 Å². The number of carbonyl (C=O) groups excluding carboxylic acids is 4. The first-order valence-corrected chi connectivity index (χ1v) is 11.8. The molecule has 0 aromatic heterocycles. The lowest BCUT2D eigenvalue weighted by atomic mass is 9.77. The molecule has 35 heavy (non-hydrogen) atoms. The number of rotatable bonds is 3. The first kappa shape index (κ1) is 21.6. The fraction of sp³-hybridized carbons (Fsp3) is 0.241. The van der Waals surface area contributed by atoms with Crippen LogP contribution in [-0.4, -0.2) is 29.0 Å². The zero-order valence-corrected chi connectivity index (χ0v) is 19.3. The fourth-order valence-electron chi connectivity index (χ4n) is 5.72. The number of imide groups is 1. The molecule has 3 aromatic carbocycles. The molecule has 0 unspecified atom stereocenters. The molecule has 0 N–H and O–H groups in total. The third kappa shape index (κ3) is 2.80. The number of carbonyl (C=O) groups is 4. The van der Waals surface area contributed by atoms with Gasteiger partial charge in [-0.2, -0.15) is 0 Å². The summed E-state index contributed by atoms with van der Waals surface area (Å²) in [6, 6.07) is 22.8. The Balaban J connectivity index is 1.51. The molecule has 0 radical (unpaired) electrons. The van der Waals surface area contributed by atoms with Crippen molar-refractivity contribution in [3.8, 4) is 0 Å². The van der Waals surface area contributed by atoms with E-state index in [9.17, 15) is 19.2 Å². The molecule has 2 heterocycles. The molecule has 6 nitrogen and oxygen atoms in total. The maximum atomic E-state index is 13.9. The van der Waals surface area contributed by atoms with Gasteiger partial charge in [0, 0.05) is 11.1 Å². The van der Waals surface area contributed by atoms with Crippen molar-refractivity contribution in [3.05, 3.63) is 101 Å². The largest absolute Gasteiger partial charge is 0.349 e. The molecule has 3 aliphatic rings. The highest BCUT2D eigenvalue weighted by Gasteiger charge is 2.74. The van der Waals surface area contributed by atoms with E-state index >= 15 is 0 Å². The smallest absolute Gasteiger partial charge is 0.241 e. The van der Waals surface area contributed by atoms with Crippen molar-refractivity contribution in [2.45, 2.75) is 31.5 Å². The summed E-state index contributed by atoms with van der Waals surface area (Å²) in [5.74, 6) is -4.08. The summed E-state index contributed by atoms with van der Waals surface area (Å²) in [7, 11) is 0. The Bertz CT molecular complexity index is 1360. The van der Waals surface area contributed by atoms with Crippen LogP contribution in [0.1, 0.15) is 57.7 Å². The van der Waals surface area contributed by atoms with Gasteiger partial charge in [0.1, 0.15) is 0 Å². The number of fused-ring (bicyclic) bond motifs is 3. The predicted octanol–water partition coefficient (Wildman–Crippen LogP) is 4.51. The van der Waals surface area contributed by atoms with Gasteiger partial charge in [-0.1, -0.05) is 80.6 Å². The molecule has 2 aliphatic heterocycles. The molecule has 2 fully saturated rings. The summed E-state index contributed by atoms with van der Waals surface area (Å²) >= 11 is 0. The number of hydrogen-bond acceptors (Lipinski definition) is 5. The van der Waals surface area contributed by atoms with Crippen LogP contribution in [-0.2, 0) is 14.3 Å². The maximum Gasteiger partial charge on any atom is 0.241 e. The molecule has 1 aliphatic carbocycles. The van der Waals surface area contributed by atoms with Gasteiger partial charge in [-0.3, -0.25) is 19.2 Å². The molecule has 2 amide bonds. The lowest BCUT2D eigenvalue weighted by molar-refractivity contribution is -0.127. The third-order valence-electron chi connectivity index (χ3n) is 7.47. The topological polar surface area (TPSA) is 80.8 Å². The summed E-state index contributed by atoms with van der Waals surface area (Å²) in [4.78, 5) is 56.4. The van der Waals surface area contributed by atoms with Gasteiger partial charge >= 0.3 is 0 Å². The van der Waals surface area contributed by atoms with Crippen LogP contribution < -0.4 is 4.90 Å². The number of Topliss-reactive ketones (excluding diaryl/α,β-unsaturated/α-hetero) is 2. The molecule has 6 heteroatoms. The summed E-state index contributed by atoms with van der Waals surface area (Å²) in [6.45, 7) is 4.12. The average molecular weight is 466 g/mol. The minimum Gasteiger partial charge on any atom is -0.349 e. The standard InChI is InChI=1S/C29H23NO5/c1-16(2)17-12-14-19(15-13-17)30-27(33)22-23(28(30)34)29(35-24(22)18-8-4-3-5-9-18)25(31)20-10-6-7-11-21(20)26(29)32/h3-16,22-24H,1-2H3/t22-,23+,24+/m0/s1. The van der Waals surface area contributed by atoms with Crippen molar-refractivity contribution in [3.63, 3.8) is 0 Å². The lowest BCUT2D eigenvalue weighted by Gasteiger charge is -2.27. The molecule has 3 aromatic rings. The van der Waals surface area contributed by atoms with Crippen molar-refractivity contribution in [2.24, 2.45) is 11.8 Å². The first-order valence-electron chi connectivity index (χ1n) is 11.8. The monoisotopic (exact) mass is 465 g/mol. The highest BCUT2D eigenvalue weighted by atomic mass is 16.5. The van der Waals surface area contributed by atoms with E-state index in [-0.39, 0.29) is 11.1 Å². The molecule has 0 saturated carbocycles. The van der Waals surface area contributed by atoms with Crippen LogP contribution in [0.4, 0.5) is 5.69 Å². The Morgan fingerprint density at radius 3 is 1.89 bits per heavy atom. The van der Waals surface area contributed by atoms with E-state index in [1.807, 2.05) is 18.2 Å². The Hall–Kier alpha value is -3.90. The quantitative estimate of drug-likeness (QED) is 0.420. The van der Waals surface area contributed by atoms with E-state index in [0.717, 1.165) is 10.5 Å². The van der Waals surface area contributed by atoms with Gasteiger partial charge in [0.25, 0.3) is 0 Å². The Kier molecular flexibility index (Phi) is 4.66. The molecule has 2 saturated heterocycles. The van der Waals surface area contributed by atoms with Crippen LogP contribution in [0.3, 0.4) is 0 Å². The van der Waals surface area contributed by atoms with E-state index in [0.29, 0.717) is 17.2 Å². The van der Waals surface area contributed by atoms with Crippen molar-refractivity contribution < 1.29 is 23.9 Å². The number of nitrogens with zero attached hydrogens (tertiary/aromatic N) is 1. The normalized spacial score (nSPS) is 24.5. The minimum absolute atomic E-state index is 0.227. The molecule has 1 spiro atoms. The minimum atomic E-state index is -2.05. The third-order valence-corrected chi connectivity index (χ3v) is 7.47. The van der Waals surface area contributed by atoms with E-state index in [1.54, 1.807) is 60.7 Å². The Morgan fingerprint density at radius 1 is 0.743 bits per heavy atom. The van der Waals surface area contributed by atoms with Gasteiger partial charge in [-0.25, -0.2) is 4.90 Å². The highest BCUT2D eigenvalue weighted by molar-refractivity contribution is 6.37.